The van der Waals surface area contributed by atoms with E-state index in [1.54, 1.807) is 0 Å². The Bertz CT molecular complexity index is 172. The van der Waals surface area contributed by atoms with E-state index in [9.17, 15) is 4.79 Å². The van der Waals surface area contributed by atoms with Crippen molar-refractivity contribution in [1.29, 1.82) is 0 Å². The van der Waals surface area contributed by atoms with Gasteiger partial charge in [-0.05, 0) is 6.92 Å². The Morgan fingerprint density at radius 2 is 2.46 bits per heavy atom. The van der Waals surface area contributed by atoms with Gasteiger partial charge in [-0.25, -0.2) is 0 Å². The zero-order valence-corrected chi connectivity index (χ0v) is 8.28. The fraction of sp³-hybridized carbons (Fsp3) is 0.889. The number of methoxy groups -OCH3 is 1. The van der Waals surface area contributed by atoms with E-state index in [1.165, 1.54) is 7.11 Å². The quantitative estimate of drug-likeness (QED) is 0.594. The summed E-state index contributed by atoms with van der Waals surface area (Å²) in [7, 11) is 1.42. The van der Waals surface area contributed by atoms with Gasteiger partial charge in [0.15, 0.2) is 0 Å². The second-order valence-corrected chi connectivity index (χ2v) is 3.29. The lowest BCUT2D eigenvalue weighted by atomic mass is 10.2. The molecule has 13 heavy (non-hydrogen) atoms. The Morgan fingerprint density at radius 3 is 3.08 bits per heavy atom. The summed E-state index contributed by atoms with van der Waals surface area (Å²) < 4.78 is 9.87. The first-order valence-corrected chi connectivity index (χ1v) is 4.62. The normalized spacial score (nSPS) is 24.3. The van der Waals surface area contributed by atoms with Crippen molar-refractivity contribution in [3.05, 3.63) is 0 Å². The molecule has 0 spiro atoms. The molecule has 1 saturated heterocycles. The van der Waals surface area contributed by atoms with E-state index >= 15 is 0 Å². The van der Waals surface area contributed by atoms with E-state index in [0.717, 1.165) is 26.3 Å². The molecule has 1 fully saturated rings. The van der Waals surface area contributed by atoms with Gasteiger partial charge in [0.05, 0.1) is 26.7 Å². The van der Waals surface area contributed by atoms with Gasteiger partial charge in [0.1, 0.15) is 0 Å². The fourth-order valence-electron chi connectivity index (χ4n) is 1.43. The molecule has 0 aliphatic carbocycles. The lowest BCUT2D eigenvalue weighted by molar-refractivity contribution is -0.141. The van der Waals surface area contributed by atoms with Gasteiger partial charge in [-0.3, -0.25) is 9.69 Å². The zero-order valence-electron chi connectivity index (χ0n) is 8.28. The van der Waals surface area contributed by atoms with Crippen LogP contribution in [0.15, 0.2) is 0 Å². The van der Waals surface area contributed by atoms with Crippen LogP contribution in [0.5, 0.6) is 0 Å². The van der Waals surface area contributed by atoms with Crippen molar-refractivity contribution >= 4 is 5.97 Å². The van der Waals surface area contributed by atoms with Crippen LogP contribution in [0, 0.1) is 0 Å². The highest BCUT2D eigenvalue weighted by molar-refractivity contribution is 5.69. The summed E-state index contributed by atoms with van der Waals surface area (Å²) in [5.74, 6) is -0.140. The molecule has 0 amide bonds. The van der Waals surface area contributed by atoms with E-state index in [0.29, 0.717) is 12.5 Å². The number of ether oxygens (including phenoxy) is 2. The molecule has 1 atom stereocenters. The Balaban J connectivity index is 2.22. The van der Waals surface area contributed by atoms with Crippen LogP contribution in [0.25, 0.3) is 0 Å². The Morgan fingerprint density at radius 1 is 1.69 bits per heavy atom. The number of nitrogens with zero attached hydrogens (tertiary/aromatic N) is 1. The van der Waals surface area contributed by atoms with E-state index in [2.05, 4.69) is 16.6 Å². The molecule has 0 aromatic heterocycles. The number of morpholine rings is 1. The molecule has 4 nitrogen and oxygen atoms in total. The molecule has 0 saturated carbocycles. The largest absolute Gasteiger partial charge is 0.469 e. The Hall–Kier alpha value is -0.610. The predicted octanol–water partition coefficient (Wildman–Crippen LogP) is 0.270. The van der Waals surface area contributed by atoms with Crippen LogP contribution < -0.4 is 0 Å². The van der Waals surface area contributed by atoms with Crippen LogP contribution in [0.3, 0.4) is 0 Å². The molecule has 76 valence electrons. The summed E-state index contributed by atoms with van der Waals surface area (Å²) in [6.07, 6.45) is 0.473. The van der Waals surface area contributed by atoms with E-state index in [-0.39, 0.29) is 5.97 Å². The van der Waals surface area contributed by atoms with Crippen LogP contribution >= 0.6 is 0 Å². The van der Waals surface area contributed by atoms with Crippen LogP contribution in [0.2, 0.25) is 0 Å². The minimum absolute atomic E-state index is 0.140. The van der Waals surface area contributed by atoms with E-state index < -0.39 is 0 Å². The Labute approximate surface area is 78.8 Å². The molecule has 0 radical (unpaired) electrons. The van der Waals surface area contributed by atoms with Gasteiger partial charge in [-0.1, -0.05) is 0 Å². The molecule has 1 rings (SSSR count). The molecule has 1 heterocycles. The average molecular weight is 187 g/mol. The number of hydrogen-bond acceptors (Lipinski definition) is 4. The molecule has 0 aromatic rings. The van der Waals surface area contributed by atoms with Gasteiger partial charge in [0, 0.05) is 19.1 Å². The third-order valence-electron chi connectivity index (χ3n) is 2.34. The van der Waals surface area contributed by atoms with Gasteiger partial charge in [0.25, 0.3) is 0 Å². The Kier molecular flexibility index (Phi) is 4.18. The minimum Gasteiger partial charge on any atom is -0.469 e. The summed E-state index contributed by atoms with van der Waals surface area (Å²) in [6, 6.07) is 0.415. The van der Waals surface area contributed by atoms with Gasteiger partial charge in [-0.2, -0.15) is 0 Å². The maximum absolute atomic E-state index is 10.9. The topological polar surface area (TPSA) is 38.8 Å². The third-order valence-corrected chi connectivity index (χ3v) is 2.34. The minimum atomic E-state index is -0.140. The molecule has 0 aromatic carbocycles. The van der Waals surface area contributed by atoms with Crippen LogP contribution in [-0.4, -0.2) is 50.3 Å². The molecule has 0 N–H and O–H groups in total. The van der Waals surface area contributed by atoms with Crippen molar-refractivity contribution < 1.29 is 14.3 Å². The molecule has 4 heteroatoms. The maximum atomic E-state index is 10.9. The second-order valence-electron chi connectivity index (χ2n) is 3.29. The number of carbonyl (C=O) groups is 1. The van der Waals surface area contributed by atoms with Crippen LogP contribution in [-0.2, 0) is 14.3 Å². The van der Waals surface area contributed by atoms with E-state index in [4.69, 9.17) is 4.74 Å². The summed E-state index contributed by atoms with van der Waals surface area (Å²) in [6.45, 7) is 5.33. The monoisotopic (exact) mass is 187 g/mol. The molecule has 0 bridgehead atoms. The lowest BCUT2D eigenvalue weighted by Gasteiger charge is -2.32. The predicted molar refractivity (Wildman–Crippen MR) is 48.5 cm³/mol. The summed E-state index contributed by atoms with van der Waals surface area (Å²) >= 11 is 0. The van der Waals surface area contributed by atoms with Gasteiger partial charge in [0.2, 0.25) is 0 Å². The van der Waals surface area contributed by atoms with Crippen LogP contribution in [0.1, 0.15) is 13.3 Å². The summed E-state index contributed by atoms with van der Waals surface area (Å²) in [5.41, 5.74) is 0. The zero-order chi connectivity index (χ0) is 9.68. The highest BCUT2D eigenvalue weighted by Crippen LogP contribution is 2.06. The maximum Gasteiger partial charge on any atom is 0.306 e. The average Bonchev–Trinajstić information content (AvgIpc) is 2.16. The van der Waals surface area contributed by atoms with Crippen molar-refractivity contribution in [2.45, 2.75) is 19.4 Å². The van der Waals surface area contributed by atoms with Crippen molar-refractivity contribution in [2.24, 2.45) is 0 Å². The van der Waals surface area contributed by atoms with Gasteiger partial charge >= 0.3 is 5.97 Å². The van der Waals surface area contributed by atoms with Crippen LogP contribution in [0.4, 0.5) is 0 Å². The molecular formula is C9H17NO3. The van der Waals surface area contributed by atoms with Gasteiger partial charge in [-0.15, -0.1) is 0 Å². The standard InChI is InChI=1S/C9H17NO3/c1-8-7-13-6-5-10(8)4-3-9(11)12-2/h8H,3-7H2,1-2H3. The summed E-state index contributed by atoms with van der Waals surface area (Å²) in [4.78, 5) is 13.1. The third kappa shape index (κ3) is 3.32. The first-order chi connectivity index (χ1) is 6.24. The van der Waals surface area contributed by atoms with Crippen molar-refractivity contribution in [2.75, 3.05) is 33.4 Å². The number of rotatable bonds is 3. The smallest absolute Gasteiger partial charge is 0.306 e. The molecule has 1 aliphatic rings. The SMILES string of the molecule is COC(=O)CCN1CCOCC1C. The first-order valence-electron chi connectivity index (χ1n) is 4.62. The van der Waals surface area contributed by atoms with Crippen molar-refractivity contribution in [3.63, 3.8) is 0 Å². The highest BCUT2D eigenvalue weighted by Gasteiger charge is 2.18. The molecule has 1 unspecified atom stereocenters. The lowest BCUT2D eigenvalue weighted by Crippen LogP contribution is -2.44. The first kappa shape index (κ1) is 10.5. The van der Waals surface area contributed by atoms with E-state index in [1.807, 2.05) is 0 Å². The number of hydrogen-bond donors (Lipinski definition) is 0. The van der Waals surface area contributed by atoms with Crippen molar-refractivity contribution in [1.82, 2.24) is 4.90 Å². The highest BCUT2D eigenvalue weighted by atomic mass is 16.5. The number of esters is 1. The molecule has 1 aliphatic heterocycles. The fourth-order valence-corrected chi connectivity index (χ4v) is 1.43. The van der Waals surface area contributed by atoms with Gasteiger partial charge < -0.3 is 9.47 Å². The summed E-state index contributed by atoms with van der Waals surface area (Å²) in [5, 5.41) is 0. The second kappa shape index (κ2) is 5.19. The number of carbonyl (C=O) groups excluding carboxylic acids is 1. The van der Waals surface area contributed by atoms with Crippen molar-refractivity contribution in [3.8, 4) is 0 Å². The molecular weight excluding hydrogens is 170 g/mol.